The standard InChI is InChI=1S/C17H19BrN2O2/c1-13-3-2-4-14(11-13)12-20-17(21)19-9-10-22-16-7-5-15(18)6-8-16/h2-8,11H,9-10,12H2,1H3,(H2,19,20,21). The van der Waals surface area contributed by atoms with E-state index in [9.17, 15) is 4.79 Å². The number of urea groups is 1. The average Bonchev–Trinajstić information content (AvgIpc) is 2.51. The molecule has 0 aromatic heterocycles. The van der Waals surface area contributed by atoms with E-state index in [1.165, 1.54) is 5.56 Å². The lowest BCUT2D eigenvalue weighted by Gasteiger charge is -2.09. The normalized spacial score (nSPS) is 10.1. The predicted molar refractivity (Wildman–Crippen MR) is 91.1 cm³/mol. The highest BCUT2D eigenvalue weighted by Gasteiger charge is 2.00. The number of carbonyl (C=O) groups excluding carboxylic acids is 1. The minimum absolute atomic E-state index is 0.194. The number of carbonyl (C=O) groups is 1. The molecule has 0 aliphatic rings. The van der Waals surface area contributed by atoms with Gasteiger partial charge in [-0.05, 0) is 36.8 Å². The fourth-order valence-electron chi connectivity index (χ4n) is 1.93. The number of rotatable bonds is 6. The van der Waals surface area contributed by atoms with Crippen molar-refractivity contribution in [1.82, 2.24) is 10.6 Å². The summed E-state index contributed by atoms with van der Waals surface area (Å²) >= 11 is 3.37. The number of hydrogen-bond donors (Lipinski definition) is 2. The van der Waals surface area contributed by atoms with Gasteiger partial charge in [0.15, 0.2) is 0 Å². The highest BCUT2D eigenvalue weighted by Crippen LogP contribution is 2.15. The van der Waals surface area contributed by atoms with Gasteiger partial charge in [-0.3, -0.25) is 0 Å². The van der Waals surface area contributed by atoms with Crippen LogP contribution in [-0.2, 0) is 6.54 Å². The van der Waals surface area contributed by atoms with E-state index in [0.717, 1.165) is 15.8 Å². The van der Waals surface area contributed by atoms with E-state index in [-0.39, 0.29) is 6.03 Å². The monoisotopic (exact) mass is 362 g/mol. The van der Waals surface area contributed by atoms with Gasteiger partial charge in [0.25, 0.3) is 0 Å². The van der Waals surface area contributed by atoms with Crippen molar-refractivity contribution in [1.29, 1.82) is 0 Å². The van der Waals surface area contributed by atoms with Crippen molar-refractivity contribution in [3.05, 3.63) is 64.1 Å². The van der Waals surface area contributed by atoms with Crippen molar-refractivity contribution in [2.75, 3.05) is 13.2 Å². The smallest absolute Gasteiger partial charge is 0.315 e. The molecule has 2 amide bonds. The first kappa shape index (κ1) is 16.4. The van der Waals surface area contributed by atoms with E-state index in [0.29, 0.717) is 19.7 Å². The van der Waals surface area contributed by atoms with Crippen LogP contribution in [0.4, 0.5) is 4.79 Å². The first-order valence-electron chi connectivity index (χ1n) is 7.09. The summed E-state index contributed by atoms with van der Waals surface area (Å²) in [6.07, 6.45) is 0. The lowest BCUT2D eigenvalue weighted by atomic mass is 10.1. The van der Waals surface area contributed by atoms with Gasteiger partial charge in [0.05, 0.1) is 6.54 Å². The van der Waals surface area contributed by atoms with Crippen LogP contribution in [0, 0.1) is 6.92 Å². The number of nitrogens with one attached hydrogen (secondary N) is 2. The molecular weight excluding hydrogens is 344 g/mol. The molecule has 116 valence electrons. The molecule has 4 nitrogen and oxygen atoms in total. The second kappa shape index (κ2) is 8.44. The molecule has 2 N–H and O–H groups in total. The molecule has 0 fully saturated rings. The van der Waals surface area contributed by atoms with Crippen molar-refractivity contribution in [3.8, 4) is 5.75 Å². The van der Waals surface area contributed by atoms with Gasteiger partial charge in [-0.1, -0.05) is 45.8 Å². The number of benzene rings is 2. The molecule has 0 atom stereocenters. The van der Waals surface area contributed by atoms with Gasteiger partial charge < -0.3 is 15.4 Å². The zero-order valence-corrected chi connectivity index (χ0v) is 14.0. The number of hydrogen-bond acceptors (Lipinski definition) is 2. The van der Waals surface area contributed by atoms with E-state index in [1.54, 1.807) is 0 Å². The molecule has 0 unspecified atom stereocenters. The number of amides is 2. The third-order valence-electron chi connectivity index (χ3n) is 3.01. The topological polar surface area (TPSA) is 50.4 Å². The summed E-state index contributed by atoms with van der Waals surface area (Å²) in [5.41, 5.74) is 2.27. The number of aryl methyl sites for hydroxylation is 1. The summed E-state index contributed by atoms with van der Waals surface area (Å²) in [7, 11) is 0. The van der Waals surface area contributed by atoms with Crippen LogP contribution in [0.5, 0.6) is 5.75 Å². The maximum Gasteiger partial charge on any atom is 0.315 e. The minimum atomic E-state index is -0.194. The van der Waals surface area contributed by atoms with Crippen molar-refractivity contribution in [2.45, 2.75) is 13.5 Å². The molecule has 0 saturated heterocycles. The van der Waals surface area contributed by atoms with Gasteiger partial charge in [-0.2, -0.15) is 0 Å². The molecule has 2 rings (SSSR count). The van der Waals surface area contributed by atoms with E-state index >= 15 is 0 Å². The van der Waals surface area contributed by atoms with Crippen molar-refractivity contribution in [3.63, 3.8) is 0 Å². The SMILES string of the molecule is Cc1cccc(CNC(=O)NCCOc2ccc(Br)cc2)c1. The third-order valence-corrected chi connectivity index (χ3v) is 3.53. The highest BCUT2D eigenvalue weighted by atomic mass is 79.9. The van der Waals surface area contributed by atoms with Gasteiger partial charge in [-0.15, -0.1) is 0 Å². The van der Waals surface area contributed by atoms with Crippen molar-refractivity contribution < 1.29 is 9.53 Å². The molecule has 0 radical (unpaired) electrons. The molecule has 22 heavy (non-hydrogen) atoms. The van der Waals surface area contributed by atoms with Gasteiger partial charge >= 0.3 is 6.03 Å². The van der Waals surface area contributed by atoms with Crippen LogP contribution in [0.15, 0.2) is 53.0 Å². The largest absolute Gasteiger partial charge is 0.492 e. The summed E-state index contributed by atoms with van der Waals surface area (Å²) in [5.74, 6) is 0.783. The zero-order chi connectivity index (χ0) is 15.8. The Kier molecular flexibility index (Phi) is 6.27. The van der Waals surface area contributed by atoms with Gasteiger partial charge in [0, 0.05) is 11.0 Å². The Labute approximate surface area is 139 Å². The Morgan fingerprint density at radius 1 is 1.14 bits per heavy atom. The maximum atomic E-state index is 11.7. The lowest BCUT2D eigenvalue weighted by Crippen LogP contribution is -2.37. The van der Waals surface area contributed by atoms with Gasteiger partial charge in [0.1, 0.15) is 12.4 Å². The van der Waals surface area contributed by atoms with Crippen molar-refractivity contribution in [2.24, 2.45) is 0 Å². The Balaban J connectivity index is 1.62. The highest BCUT2D eigenvalue weighted by molar-refractivity contribution is 9.10. The third kappa shape index (κ3) is 5.77. The van der Waals surface area contributed by atoms with Crippen LogP contribution in [-0.4, -0.2) is 19.2 Å². The minimum Gasteiger partial charge on any atom is -0.492 e. The number of halogens is 1. The number of ether oxygens (including phenoxy) is 1. The molecule has 5 heteroatoms. The molecule has 2 aromatic carbocycles. The second-order valence-corrected chi connectivity index (χ2v) is 5.82. The lowest BCUT2D eigenvalue weighted by molar-refractivity contribution is 0.236. The first-order valence-corrected chi connectivity index (χ1v) is 7.88. The average molecular weight is 363 g/mol. The van der Waals surface area contributed by atoms with Gasteiger partial charge in [0.2, 0.25) is 0 Å². The summed E-state index contributed by atoms with van der Waals surface area (Å²) in [6.45, 7) is 3.43. The molecular formula is C17H19BrN2O2. The fraction of sp³-hybridized carbons (Fsp3) is 0.235. The maximum absolute atomic E-state index is 11.7. The van der Waals surface area contributed by atoms with E-state index in [1.807, 2.05) is 49.4 Å². The van der Waals surface area contributed by atoms with Crippen LogP contribution in [0.25, 0.3) is 0 Å². The van der Waals surface area contributed by atoms with E-state index in [2.05, 4.69) is 32.6 Å². The van der Waals surface area contributed by atoms with Crippen LogP contribution in [0.2, 0.25) is 0 Å². The van der Waals surface area contributed by atoms with Crippen molar-refractivity contribution >= 4 is 22.0 Å². The molecule has 0 heterocycles. The second-order valence-electron chi connectivity index (χ2n) is 4.90. The molecule has 2 aromatic rings. The quantitative estimate of drug-likeness (QED) is 0.770. The fourth-order valence-corrected chi connectivity index (χ4v) is 2.20. The molecule has 0 bridgehead atoms. The summed E-state index contributed by atoms with van der Waals surface area (Å²) < 4.78 is 6.53. The van der Waals surface area contributed by atoms with Crippen LogP contribution >= 0.6 is 15.9 Å². The predicted octanol–water partition coefficient (Wildman–Crippen LogP) is 3.64. The Bertz CT molecular complexity index is 614. The molecule has 0 spiro atoms. The van der Waals surface area contributed by atoms with Gasteiger partial charge in [-0.25, -0.2) is 4.79 Å². The zero-order valence-electron chi connectivity index (χ0n) is 12.4. The molecule has 0 aliphatic heterocycles. The van der Waals surface area contributed by atoms with E-state index < -0.39 is 0 Å². The Morgan fingerprint density at radius 3 is 2.64 bits per heavy atom. The molecule has 0 aliphatic carbocycles. The molecule has 0 saturated carbocycles. The van der Waals surface area contributed by atoms with Crippen LogP contribution in [0.3, 0.4) is 0 Å². The van der Waals surface area contributed by atoms with E-state index in [4.69, 9.17) is 4.74 Å². The summed E-state index contributed by atoms with van der Waals surface area (Å²) in [6, 6.07) is 15.4. The van der Waals surface area contributed by atoms with Crippen LogP contribution in [0.1, 0.15) is 11.1 Å². The Morgan fingerprint density at radius 2 is 1.91 bits per heavy atom. The van der Waals surface area contributed by atoms with Crippen LogP contribution < -0.4 is 15.4 Å². The Hall–Kier alpha value is -2.01. The first-order chi connectivity index (χ1) is 10.6. The summed E-state index contributed by atoms with van der Waals surface area (Å²) in [4.78, 5) is 11.7. The summed E-state index contributed by atoms with van der Waals surface area (Å²) in [5, 5.41) is 5.59.